The van der Waals surface area contributed by atoms with E-state index in [4.69, 9.17) is 12.8 Å². The topological polar surface area (TPSA) is 8.81 Å². The number of nitrogens with zero attached hydrogens (tertiary/aromatic N) is 2. The van der Waals surface area contributed by atoms with Crippen molar-refractivity contribution in [3.8, 4) is 24.7 Å². The van der Waals surface area contributed by atoms with Crippen LogP contribution in [0.4, 0.5) is 0 Å². The lowest BCUT2D eigenvalue weighted by Crippen LogP contribution is -3.00. The Morgan fingerprint density at radius 2 is 1.94 bits per heavy atom. The summed E-state index contributed by atoms with van der Waals surface area (Å²) in [5.74, 6) is 5.26. The molecule has 16 heavy (non-hydrogen) atoms. The number of aromatic nitrogens is 2. The van der Waals surface area contributed by atoms with E-state index in [0.717, 1.165) is 11.0 Å². The summed E-state index contributed by atoms with van der Waals surface area (Å²) in [5.41, 5.74) is 2.23. The first kappa shape index (κ1) is 12.4. The summed E-state index contributed by atoms with van der Waals surface area (Å²) in [4.78, 5) is 0. The number of hydrogen-bond acceptors (Lipinski definition) is 0. The van der Waals surface area contributed by atoms with E-state index in [1.165, 1.54) is 0 Å². The minimum Gasteiger partial charge on any atom is -1.00 e. The van der Waals surface area contributed by atoms with Gasteiger partial charge in [0.05, 0.1) is 0 Å². The molecule has 0 saturated heterocycles. The lowest BCUT2D eigenvalue weighted by atomic mass is 10.3. The zero-order chi connectivity index (χ0) is 10.7. The summed E-state index contributed by atoms with van der Waals surface area (Å²) in [6.07, 6.45) is 12.6. The Kier molecular flexibility index (Phi) is 4.17. The van der Waals surface area contributed by atoms with Crippen LogP contribution in [0, 0.1) is 24.7 Å². The van der Waals surface area contributed by atoms with Crippen molar-refractivity contribution in [2.75, 3.05) is 0 Å². The molecule has 0 saturated carbocycles. The Bertz CT molecular complexity index is 520. The van der Waals surface area contributed by atoms with E-state index in [-0.39, 0.29) is 17.0 Å². The maximum absolute atomic E-state index is 5.31. The smallest absolute Gasteiger partial charge is 0.246 e. The maximum Gasteiger partial charge on any atom is 0.246 e. The molecule has 0 fully saturated rings. The first-order chi connectivity index (χ1) is 7.36. The van der Waals surface area contributed by atoms with Crippen LogP contribution in [0.3, 0.4) is 0 Å². The van der Waals surface area contributed by atoms with Crippen LogP contribution in [0.2, 0.25) is 0 Å². The van der Waals surface area contributed by atoms with E-state index in [0.29, 0.717) is 13.1 Å². The normalized spacial score (nSPS) is 9.12. The van der Waals surface area contributed by atoms with Crippen molar-refractivity contribution in [2.45, 2.75) is 13.1 Å². The van der Waals surface area contributed by atoms with Gasteiger partial charge in [-0.1, -0.05) is 24.0 Å². The Morgan fingerprint density at radius 1 is 1.19 bits per heavy atom. The van der Waals surface area contributed by atoms with Gasteiger partial charge in [0.15, 0.2) is 24.1 Å². The number of para-hydroxylation sites is 2. The molecule has 0 spiro atoms. The summed E-state index contributed by atoms with van der Waals surface area (Å²) in [6.45, 7) is 1.14. The molecule has 0 aliphatic carbocycles. The molecular formula is C13H11BrN2. The largest absolute Gasteiger partial charge is 1.00 e. The standard InChI is InChI=1S/C13H11N2.BrH/c1-3-9-14-11-15(10-4-2)13-8-6-5-7-12(13)14;/h1-2,5-8,11H,9-10H2;1H/q+1;/p-1. The molecule has 3 heteroatoms. The fraction of sp³-hybridized carbons (Fsp3) is 0.154. The molecule has 1 aromatic heterocycles. The number of hydrogen-bond donors (Lipinski definition) is 0. The molecular weight excluding hydrogens is 264 g/mol. The van der Waals surface area contributed by atoms with Gasteiger partial charge in [0.2, 0.25) is 6.33 Å². The zero-order valence-corrected chi connectivity index (χ0v) is 10.3. The van der Waals surface area contributed by atoms with E-state index in [1.54, 1.807) is 0 Å². The van der Waals surface area contributed by atoms with Crippen LogP contribution in [0.5, 0.6) is 0 Å². The van der Waals surface area contributed by atoms with Crippen LogP contribution in [0.25, 0.3) is 11.0 Å². The lowest BCUT2D eigenvalue weighted by molar-refractivity contribution is -0.659. The Hall–Kier alpha value is -1.71. The molecule has 2 nitrogen and oxygen atoms in total. The van der Waals surface area contributed by atoms with Crippen LogP contribution in [0.15, 0.2) is 30.6 Å². The molecule has 0 radical (unpaired) electrons. The van der Waals surface area contributed by atoms with Crippen molar-refractivity contribution < 1.29 is 21.5 Å². The molecule has 2 rings (SSSR count). The second kappa shape index (κ2) is 5.39. The molecule has 0 aliphatic rings. The number of halogens is 1. The molecule has 0 N–H and O–H groups in total. The molecule has 1 aromatic carbocycles. The third kappa shape index (κ3) is 2.10. The van der Waals surface area contributed by atoms with Gasteiger partial charge in [0.25, 0.3) is 0 Å². The van der Waals surface area contributed by atoms with Gasteiger partial charge in [-0.25, -0.2) is 9.13 Å². The average molecular weight is 275 g/mol. The molecule has 0 amide bonds. The number of terminal acetylenes is 2. The van der Waals surface area contributed by atoms with Gasteiger partial charge in [-0.2, -0.15) is 0 Å². The van der Waals surface area contributed by atoms with Gasteiger partial charge < -0.3 is 17.0 Å². The van der Waals surface area contributed by atoms with Gasteiger partial charge in [0, 0.05) is 0 Å². The molecule has 0 aliphatic heterocycles. The fourth-order valence-electron chi connectivity index (χ4n) is 1.69. The summed E-state index contributed by atoms with van der Waals surface area (Å²) >= 11 is 0. The average Bonchev–Trinajstić information content (AvgIpc) is 2.59. The van der Waals surface area contributed by atoms with Gasteiger partial charge in [-0.3, -0.25) is 0 Å². The third-order valence-corrected chi connectivity index (χ3v) is 2.30. The molecule has 80 valence electrons. The minimum absolute atomic E-state index is 0. The van der Waals surface area contributed by atoms with E-state index in [9.17, 15) is 0 Å². The highest BCUT2D eigenvalue weighted by atomic mass is 79.9. The van der Waals surface area contributed by atoms with Crippen molar-refractivity contribution >= 4 is 11.0 Å². The Morgan fingerprint density at radius 3 is 2.62 bits per heavy atom. The second-order valence-electron chi connectivity index (χ2n) is 3.27. The summed E-state index contributed by atoms with van der Waals surface area (Å²) < 4.78 is 4.04. The summed E-state index contributed by atoms with van der Waals surface area (Å²) in [6, 6.07) is 8.07. The van der Waals surface area contributed by atoms with Crippen molar-refractivity contribution in [1.82, 2.24) is 4.57 Å². The number of benzene rings is 1. The van der Waals surface area contributed by atoms with E-state index in [2.05, 4.69) is 11.8 Å². The molecule has 2 aromatic rings. The van der Waals surface area contributed by atoms with Gasteiger partial charge in [-0.15, -0.1) is 12.8 Å². The van der Waals surface area contributed by atoms with E-state index >= 15 is 0 Å². The van der Waals surface area contributed by atoms with Gasteiger partial charge >= 0.3 is 0 Å². The first-order valence-electron chi connectivity index (χ1n) is 4.71. The van der Waals surface area contributed by atoms with Gasteiger partial charge in [-0.05, 0) is 12.1 Å². The van der Waals surface area contributed by atoms with Crippen LogP contribution in [-0.2, 0) is 13.1 Å². The Balaban J connectivity index is 0.00000128. The van der Waals surface area contributed by atoms with Crippen LogP contribution in [0.1, 0.15) is 0 Å². The van der Waals surface area contributed by atoms with Gasteiger partial charge in [0.1, 0.15) is 0 Å². The van der Waals surface area contributed by atoms with Crippen molar-refractivity contribution in [3.63, 3.8) is 0 Å². The highest BCUT2D eigenvalue weighted by Crippen LogP contribution is 2.09. The maximum atomic E-state index is 5.31. The van der Waals surface area contributed by atoms with Crippen LogP contribution < -0.4 is 21.5 Å². The summed E-state index contributed by atoms with van der Waals surface area (Å²) in [7, 11) is 0. The third-order valence-electron chi connectivity index (χ3n) is 2.30. The predicted octanol–water partition coefficient (Wildman–Crippen LogP) is -1.80. The van der Waals surface area contributed by atoms with E-state index in [1.807, 2.05) is 39.7 Å². The Labute approximate surface area is 106 Å². The van der Waals surface area contributed by atoms with Crippen LogP contribution >= 0.6 is 0 Å². The SMILES string of the molecule is C#CCn1c[n+](CC#C)c2ccccc21.[Br-]. The second-order valence-corrected chi connectivity index (χ2v) is 3.27. The number of fused-ring (bicyclic) bond motifs is 1. The molecule has 0 bridgehead atoms. The highest BCUT2D eigenvalue weighted by molar-refractivity contribution is 5.71. The summed E-state index contributed by atoms with van der Waals surface area (Å²) in [5, 5.41) is 0. The van der Waals surface area contributed by atoms with Crippen LogP contribution in [-0.4, -0.2) is 4.57 Å². The molecule has 0 atom stereocenters. The number of rotatable bonds is 2. The quantitative estimate of drug-likeness (QED) is 0.452. The van der Waals surface area contributed by atoms with Crippen molar-refractivity contribution in [1.29, 1.82) is 0 Å². The lowest BCUT2D eigenvalue weighted by Gasteiger charge is -1.88. The minimum atomic E-state index is 0. The first-order valence-corrected chi connectivity index (χ1v) is 4.71. The zero-order valence-electron chi connectivity index (χ0n) is 8.73. The van der Waals surface area contributed by atoms with Crippen molar-refractivity contribution in [3.05, 3.63) is 30.6 Å². The number of imidazole rings is 1. The van der Waals surface area contributed by atoms with Crippen molar-refractivity contribution in [2.24, 2.45) is 0 Å². The fourth-order valence-corrected chi connectivity index (χ4v) is 1.69. The predicted molar refractivity (Wildman–Crippen MR) is 59.8 cm³/mol. The monoisotopic (exact) mass is 274 g/mol. The highest BCUT2D eigenvalue weighted by Gasteiger charge is 2.12. The molecule has 0 unspecified atom stereocenters. The molecule has 1 heterocycles. The van der Waals surface area contributed by atoms with E-state index < -0.39 is 0 Å².